The average Bonchev–Trinajstić information content (AvgIpc) is 3.03. The van der Waals surface area contributed by atoms with Gasteiger partial charge >= 0.3 is 5.69 Å². The van der Waals surface area contributed by atoms with Crippen LogP contribution in [0.5, 0.6) is 11.5 Å². The number of aromatic hydroxyl groups is 1. The Morgan fingerprint density at radius 2 is 1.80 bits per heavy atom. The van der Waals surface area contributed by atoms with Crippen LogP contribution in [0.25, 0.3) is 0 Å². The lowest BCUT2D eigenvalue weighted by atomic mass is 9.76. The van der Waals surface area contributed by atoms with Gasteiger partial charge in [-0.1, -0.05) is 30.3 Å². The zero-order valence-corrected chi connectivity index (χ0v) is 16.2. The molecule has 2 aliphatic rings. The predicted octanol–water partition coefficient (Wildman–Crippen LogP) is 1.87. The van der Waals surface area contributed by atoms with E-state index in [0.717, 1.165) is 0 Å². The van der Waals surface area contributed by atoms with Gasteiger partial charge in [-0.25, -0.2) is 9.79 Å². The molecule has 150 valence electrons. The number of carbonyl (C=O) groups is 1. The minimum atomic E-state index is -0.720. The molecule has 0 saturated heterocycles. The van der Waals surface area contributed by atoms with Gasteiger partial charge in [0.15, 0.2) is 17.3 Å². The quantitative estimate of drug-likeness (QED) is 0.678. The van der Waals surface area contributed by atoms with Crippen molar-refractivity contribution in [1.29, 1.82) is 0 Å². The third-order valence-electron chi connectivity index (χ3n) is 5.81. The van der Waals surface area contributed by atoms with E-state index in [4.69, 9.17) is 4.74 Å². The van der Waals surface area contributed by atoms with Crippen molar-refractivity contribution in [2.45, 2.75) is 5.92 Å². The summed E-state index contributed by atoms with van der Waals surface area (Å²) < 4.78 is 6.51. The first-order valence-electron chi connectivity index (χ1n) is 9.34. The number of phenols is 1. The summed E-state index contributed by atoms with van der Waals surface area (Å²) in [5, 5.41) is 10.0. The Morgan fingerprint density at radius 3 is 2.53 bits per heavy atom. The number of aromatic amines is 1. The molecule has 3 aromatic rings. The third kappa shape index (κ3) is 2.33. The van der Waals surface area contributed by atoms with E-state index in [1.807, 2.05) is 12.1 Å². The normalized spacial score (nSPS) is 19.0. The second-order valence-electron chi connectivity index (χ2n) is 7.35. The number of Topliss-reactive ketones (excluding diaryl/α,β-unsaturated/α-hetero) is 1. The molecule has 1 aliphatic carbocycles. The van der Waals surface area contributed by atoms with Gasteiger partial charge in [0.1, 0.15) is 5.82 Å². The van der Waals surface area contributed by atoms with Gasteiger partial charge in [-0.2, -0.15) is 0 Å². The summed E-state index contributed by atoms with van der Waals surface area (Å²) in [6.07, 6.45) is 0. The lowest BCUT2D eigenvalue weighted by Gasteiger charge is -2.29. The van der Waals surface area contributed by atoms with E-state index in [0.29, 0.717) is 22.4 Å². The number of hydrogen-bond acceptors (Lipinski definition) is 6. The number of ketones is 1. The van der Waals surface area contributed by atoms with Crippen LogP contribution in [-0.2, 0) is 7.05 Å². The summed E-state index contributed by atoms with van der Waals surface area (Å²) in [5.41, 5.74) is 1.43. The fraction of sp³-hybridized carbons (Fsp3) is 0.182. The molecule has 30 heavy (non-hydrogen) atoms. The molecule has 8 nitrogen and oxygen atoms in total. The molecule has 0 fully saturated rings. The molecule has 1 aliphatic heterocycles. The lowest BCUT2D eigenvalue weighted by Crippen LogP contribution is -2.38. The molecular weight excluding hydrogens is 386 g/mol. The van der Waals surface area contributed by atoms with Gasteiger partial charge in [0, 0.05) is 24.1 Å². The van der Waals surface area contributed by atoms with Crippen molar-refractivity contribution in [3.05, 3.63) is 85.6 Å². The molecule has 0 amide bonds. The number of nitrogens with one attached hydrogen (secondary N) is 1. The zero-order valence-electron chi connectivity index (χ0n) is 16.2. The van der Waals surface area contributed by atoms with Crippen LogP contribution < -0.4 is 16.0 Å². The number of nitrogens with zero attached hydrogens (tertiary/aromatic N) is 2. The van der Waals surface area contributed by atoms with Gasteiger partial charge in [-0.05, 0) is 17.7 Å². The van der Waals surface area contributed by atoms with Crippen LogP contribution in [0.15, 0.2) is 57.0 Å². The van der Waals surface area contributed by atoms with Crippen molar-refractivity contribution in [3.8, 4) is 11.5 Å². The monoisotopic (exact) mass is 403 g/mol. The summed E-state index contributed by atoms with van der Waals surface area (Å²) in [6.45, 7) is 0. The predicted molar refractivity (Wildman–Crippen MR) is 109 cm³/mol. The lowest BCUT2D eigenvalue weighted by molar-refractivity contribution is 0.0953. The highest BCUT2D eigenvalue weighted by molar-refractivity contribution is 6.30. The second kappa shape index (κ2) is 6.28. The summed E-state index contributed by atoms with van der Waals surface area (Å²) in [7, 11) is 2.95. The number of aliphatic imine (C=N–C) groups is 1. The van der Waals surface area contributed by atoms with Crippen molar-refractivity contribution in [2.75, 3.05) is 7.11 Å². The van der Waals surface area contributed by atoms with E-state index in [2.05, 4.69) is 9.98 Å². The molecule has 0 spiro atoms. The van der Waals surface area contributed by atoms with E-state index < -0.39 is 23.1 Å². The van der Waals surface area contributed by atoms with E-state index in [1.165, 1.54) is 24.8 Å². The number of fused-ring (bicyclic) bond motifs is 4. The molecule has 0 saturated carbocycles. The fourth-order valence-corrected chi connectivity index (χ4v) is 4.39. The summed E-state index contributed by atoms with van der Waals surface area (Å²) >= 11 is 0. The third-order valence-corrected chi connectivity index (χ3v) is 5.81. The Hall–Kier alpha value is -3.94. The standard InChI is InChI=1S/C22H17N3O5/c1-25-20-17(21(28)24-22(25)29)15(10-7-8-13(26)14(9-10)30-2)16-18(23-20)11-5-3-4-6-12(11)19(16)27/h3-9,15-16,26H,1-2H3,(H,24,28,29)/t15-,16-/m0/s1. The first-order chi connectivity index (χ1) is 14.4. The van der Waals surface area contributed by atoms with E-state index >= 15 is 0 Å². The van der Waals surface area contributed by atoms with Crippen molar-refractivity contribution >= 4 is 17.3 Å². The molecule has 2 heterocycles. The number of rotatable bonds is 2. The van der Waals surface area contributed by atoms with Gasteiger partial charge in [-0.15, -0.1) is 0 Å². The second-order valence-corrected chi connectivity index (χ2v) is 7.35. The Kier molecular flexibility index (Phi) is 3.79. The number of carbonyl (C=O) groups excluding carboxylic acids is 1. The van der Waals surface area contributed by atoms with Crippen molar-refractivity contribution in [1.82, 2.24) is 9.55 Å². The Bertz CT molecular complexity index is 1380. The van der Waals surface area contributed by atoms with Crippen LogP contribution in [0.3, 0.4) is 0 Å². The number of aromatic nitrogens is 2. The van der Waals surface area contributed by atoms with E-state index in [9.17, 15) is 19.5 Å². The molecular formula is C22H17N3O5. The highest BCUT2D eigenvalue weighted by Gasteiger charge is 2.47. The summed E-state index contributed by atoms with van der Waals surface area (Å²) in [5.74, 6) is -1.17. The summed E-state index contributed by atoms with van der Waals surface area (Å²) in [4.78, 5) is 45.4. The molecule has 0 bridgehead atoms. The Morgan fingerprint density at radius 1 is 1.07 bits per heavy atom. The van der Waals surface area contributed by atoms with Crippen LogP contribution in [-0.4, -0.2) is 33.3 Å². The molecule has 1 aromatic heterocycles. The number of methoxy groups -OCH3 is 1. The average molecular weight is 403 g/mol. The van der Waals surface area contributed by atoms with Gasteiger partial charge in [0.25, 0.3) is 5.56 Å². The fourth-order valence-electron chi connectivity index (χ4n) is 4.39. The van der Waals surface area contributed by atoms with Crippen LogP contribution >= 0.6 is 0 Å². The minimum Gasteiger partial charge on any atom is -0.504 e. The largest absolute Gasteiger partial charge is 0.504 e. The highest BCUT2D eigenvalue weighted by atomic mass is 16.5. The first kappa shape index (κ1) is 18.1. The maximum atomic E-state index is 13.4. The Balaban J connectivity index is 1.87. The molecule has 5 rings (SSSR count). The maximum absolute atomic E-state index is 13.4. The summed E-state index contributed by atoms with van der Waals surface area (Å²) in [6, 6.07) is 11.9. The number of H-pyrrole nitrogens is 1. The van der Waals surface area contributed by atoms with Crippen LogP contribution in [0, 0.1) is 5.92 Å². The Labute approximate surface area is 170 Å². The zero-order chi connectivity index (χ0) is 21.2. The van der Waals surface area contributed by atoms with Crippen molar-refractivity contribution in [3.63, 3.8) is 0 Å². The van der Waals surface area contributed by atoms with Crippen LogP contribution in [0.2, 0.25) is 0 Å². The topological polar surface area (TPSA) is 114 Å². The number of hydrogen-bond donors (Lipinski definition) is 2. The maximum Gasteiger partial charge on any atom is 0.329 e. The molecule has 2 N–H and O–H groups in total. The minimum absolute atomic E-state index is 0.0541. The van der Waals surface area contributed by atoms with Gasteiger partial charge in [0.2, 0.25) is 0 Å². The molecule has 2 atom stereocenters. The molecule has 0 radical (unpaired) electrons. The number of phenolic OH excluding ortho intramolecular Hbond substituents is 1. The molecule has 8 heteroatoms. The SMILES string of the molecule is COc1cc([C@@H]2c3c(n(C)c(=O)[nH]c3=O)N=C3c4ccccc4C(=O)[C@H]32)ccc1O. The van der Waals surface area contributed by atoms with Gasteiger partial charge < -0.3 is 9.84 Å². The van der Waals surface area contributed by atoms with Crippen LogP contribution in [0.1, 0.15) is 33.0 Å². The smallest absolute Gasteiger partial charge is 0.329 e. The van der Waals surface area contributed by atoms with E-state index in [1.54, 1.807) is 24.3 Å². The molecule has 2 aromatic carbocycles. The van der Waals surface area contributed by atoms with Crippen molar-refractivity contribution in [2.24, 2.45) is 18.0 Å². The molecule has 0 unspecified atom stereocenters. The van der Waals surface area contributed by atoms with Gasteiger partial charge in [-0.3, -0.25) is 19.1 Å². The number of ether oxygens (including phenoxy) is 1. The highest BCUT2D eigenvalue weighted by Crippen LogP contribution is 2.47. The van der Waals surface area contributed by atoms with Crippen molar-refractivity contribution < 1.29 is 14.6 Å². The first-order valence-corrected chi connectivity index (χ1v) is 9.34. The number of benzene rings is 2. The van der Waals surface area contributed by atoms with E-state index in [-0.39, 0.29) is 28.7 Å². The van der Waals surface area contributed by atoms with Gasteiger partial charge in [0.05, 0.1) is 24.3 Å². The van der Waals surface area contributed by atoms with Crippen LogP contribution in [0.4, 0.5) is 5.82 Å².